The first-order valence-corrected chi connectivity index (χ1v) is 9.18. The van der Waals surface area contributed by atoms with Gasteiger partial charge >= 0.3 is 0 Å². The van der Waals surface area contributed by atoms with E-state index in [1.54, 1.807) is 18.2 Å². The van der Waals surface area contributed by atoms with Crippen molar-refractivity contribution in [3.05, 3.63) is 65.2 Å². The molecule has 29 heavy (non-hydrogen) atoms. The first-order chi connectivity index (χ1) is 14.2. The second-order valence-electron chi connectivity index (χ2n) is 6.28. The number of aromatic nitrogens is 4. The van der Waals surface area contributed by atoms with Crippen molar-refractivity contribution < 1.29 is 14.0 Å². The van der Waals surface area contributed by atoms with Gasteiger partial charge in [0.2, 0.25) is 12.6 Å². The van der Waals surface area contributed by atoms with Gasteiger partial charge < -0.3 is 19.3 Å². The first kappa shape index (κ1) is 17.4. The molecule has 9 heteroatoms. The fourth-order valence-corrected chi connectivity index (χ4v) is 2.95. The Kier molecular flexibility index (Phi) is 4.45. The number of benzene rings is 2. The summed E-state index contributed by atoms with van der Waals surface area (Å²) in [5.74, 6) is 2.89. The largest absolute Gasteiger partial charge is 0.454 e. The van der Waals surface area contributed by atoms with Gasteiger partial charge in [0.05, 0.1) is 0 Å². The third-order valence-electron chi connectivity index (χ3n) is 4.32. The zero-order chi connectivity index (χ0) is 19.6. The number of hydrogen-bond donors (Lipinski definition) is 1. The molecule has 0 atom stereocenters. The minimum absolute atomic E-state index is 0.258. The molecule has 0 saturated carbocycles. The fourth-order valence-electron chi connectivity index (χ4n) is 2.83. The molecule has 0 saturated heterocycles. The molecule has 8 nitrogen and oxygen atoms in total. The quantitative estimate of drug-likeness (QED) is 0.526. The maximum atomic E-state index is 5.90. The SMILES string of the molecule is Clc1ccc(-c2noc(-c3ccc(NCc4ccc5c(c4)OCO5)nn3)n2)cc1. The molecule has 0 unspecified atom stereocenters. The molecule has 5 rings (SSSR count). The molecule has 2 aromatic carbocycles. The van der Waals surface area contributed by atoms with E-state index in [1.807, 2.05) is 36.4 Å². The van der Waals surface area contributed by atoms with E-state index >= 15 is 0 Å². The normalized spacial score (nSPS) is 12.2. The highest BCUT2D eigenvalue weighted by atomic mass is 35.5. The van der Waals surface area contributed by atoms with Crippen molar-refractivity contribution >= 4 is 17.4 Å². The minimum atomic E-state index is 0.258. The van der Waals surface area contributed by atoms with Gasteiger partial charge in [0.25, 0.3) is 5.89 Å². The number of nitrogens with zero attached hydrogens (tertiary/aromatic N) is 4. The lowest BCUT2D eigenvalue weighted by atomic mass is 10.2. The summed E-state index contributed by atoms with van der Waals surface area (Å²) in [5, 5.41) is 16.2. The first-order valence-electron chi connectivity index (χ1n) is 8.81. The Hall–Kier alpha value is -3.65. The number of nitrogens with one attached hydrogen (secondary N) is 1. The summed E-state index contributed by atoms with van der Waals surface area (Å²) in [6.07, 6.45) is 0. The molecule has 0 fully saturated rings. The predicted octanol–water partition coefficient (Wildman–Crippen LogP) is 4.19. The molecule has 1 N–H and O–H groups in total. The highest BCUT2D eigenvalue weighted by molar-refractivity contribution is 6.30. The maximum absolute atomic E-state index is 5.90. The van der Waals surface area contributed by atoms with Crippen molar-refractivity contribution in [2.75, 3.05) is 12.1 Å². The average Bonchev–Trinajstić information content (AvgIpc) is 3.42. The standard InChI is InChI=1S/C20H14ClN5O3/c21-14-4-2-13(3-5-14)19-23-20(29-26-19)15-6-8-18(25-24-15)22-10-12-1-7-16-17(9-12)28-11-27-16/h1-9H,10-11H2,(H,22,25). The average molecular weight is 408 g/mol. The zero-order valence-electron chi connectivity index (χ0n) is 15.0. The van der Waals surface area contributed by atoms with Crippen LogP contribution >= 0.6 is 11.6 Å². The molecule has 0 bridgehead atoms. The van der Waals surface area contributed by atoms with Gasteiger partial charge in [0.15, 0.2) is 17.2 Å². The molecule has 2 aromatic heterocycles. The van der Waals surface area contributed by atoms with Crippen LogP contribution < -0.4 is 14.8 Å². The Morgan fingerprint density at radius 3 is 2.62 bits per heavy atom. The topological polar surface area (TPSA) is 95.2 Å². The molecule has 0 aliphatic carbocycles. The molecule has 3 heterocycles. The number of ether oxygens (including phenoxy) is 2. The van der Waals surface area contributed by atoms with Crippen molar-refractivity contribution in [2.24, 2.45) is 0 Å². The van der Waals surface area contributed by atoms with Crippen molar-refractivity contribution in [1.82, 2.24) is 20.3 Å². The Morgan fingerprint density at radius 1 is 0.931 bits per heavy atom. The van der Waals surface area contributed by atoms with Gasteiger partial charge in [-0.25, -0.2) is 0 Å². The maximum Gasteiger partial charge on any atom is 0.278 e. The molecule has 1 aliphatic heterocycles. The number of anilines is 1. The van der Waals surface area contributed by atoms with Gasteiger partial charge in [0, 0.05) is 17.1 Å². The Morgan fingerprint density at radius 2 is 1.79 bits per heavy atom. The van der Waals surface area contributed by atoms with E-state index in [2.05, 4.69) is 25.7 Å². The van der Waals surface area contributed by atoms with E-state index in [1.165, 1.54) is 0 Å². The van der Waals surface area contributed by atoms with Crippen LogP contribution in [0.15, 0.2) is 59.1 Å². The summed E-state index contributed by atoms with van der Waals surface area (Å²) in [5.41, 5.74) is 2.34. The smallest absolute Gasteiger partial charge is 0.278 e. The van der Waals surface area contributed by atoms with E-state index in [-0.39, 0.29) is 6.79 Å². The lowest BCUT2D eigenvalue weighted by Crippen LogP contribution is -2.02. The van der Waals surface area contributed by atoms with Gasteiger partial charge in [-0.1, -0.05) is 22.8 Å². The van der Waals surface area contributed by atoms with Crippen molar-refractivity contribution in [2.45, 2.75) is 6.54 Å². The van der Waals surface area contributed by atoms with E-state index in [9.17, 15) is 0 Å². The molecular weight excluding hydrogens is 394 g/mol. The lowest BCUT2D eigenvalue weighted by molar-refractivity contribution is 0.174. The molecule has 144 valence electrons. The number of halogens is 1. The van der Waals surface area contributed by atoms with Gasteiger partial charge in [-0.2, -0.15) is 4.98 Å². The summed E-state index contributed by atoms with van der Waals surface area (Å²) in [6, 6.07) is 16.6. The monoisotopic (exact) mass is 407 g/mol. The second-order valence-corrected chi connectivity index (χ2v) is 6.71. The summed E-state index contributed by atoms with van der Waals surface area (Å²) in [7, 11) is 0. The van der Waals surface area contributed by atoms with Crippen LogP contribution in [0.2, 0.25) is 5.02 Å². The van der Waals surface area contributed by atoms with Gasteiger partial charge in [0.1, 0.15) is 5.82 Å². The van der Waals surface area contributed by atoms with Crippen molar-refractivity contribution in [1.29, 1.82) is 0 Å². The van der Waals surface area contributed by atoms with Crippen LogP contribution in [-0.4, -0.2) is 27.1 Å². The van der Waals surface area contributed by atoms with Gasteiger partial charge in [-0.05, 0) is 54.1 Å². The Balaban J connectivity index is 1.26. The minimum Gasteiger partial charge on any atom is -0.454 e. The molecular formula is C20H14ClN5O3. The molecule has 0 radical (unpaired) electrons. The van der Waals surface area contributed by atoms with Gasteiger partial charge in [-0.15, -0.1) is 10.2 Å². The predicted molar refractivity (Wildman–Crippen MR) is 106 cm³/mol. The van der Waals surface area contributed by atoms with E-state index in [4.69, 9.17) is 25.6 Å². The number of rotatable bonds is 5. The third kappa shape index (κ3) is 3.70. The highest BCUT2D eigenvalue weighted by Gasteiger charge is 2.14. The number of hydrogen-bond acceptors (Lipinski definition) is 8. The van der Waals surface area contributed by atoms with Crippen LogP contribution in [0.5, 0.6) is 11.5 Å². The van der Waals surface area contributed by atoms with Crippen LogP contribution in [0.25, 0.3) is 23.0 Å². The molecule has 1 aliphatic rings. The van der Waals surface area contributed by atoms with Gasteiger partial charge in [-0.3, -0.25) is 0 Å². The molecule has 0 spiro atoms. The second kappa shape index (κ2) is 7.40. The van der Waals surface area contributed by atoms with Crippen LogP contribution in [0.4, 0.5) is 5.82 Å². The van der Waals surface area contributed by atoms with E-state index in [0.29, 0.717) is 34.8 Å². The summed E-state index contributed by atoms with van der Waals surface area (Å²) < 4.78 is 16.0. The van der Waals surface area contributed by atoms with Crippen molar-refractivity contribution in [3.8, 4) is 34.5 Å². The molecule has 4 aromatic rings. The summed E-state index contributed by atoms with van der Waals surface area (Å²) in [6.45, 7) is 0.834. The van der Waals surface area contributed by atoms with Crippen LogP contribution in [0.3, 0.4) is 0 Å². The summed E-state index contributed by atoms with van der Waals surface area (Å²) in [4.78, 5) is 4.37. The lowest BCUT2D eigenvalue weighted by Gasteiger charge is -2.06. The van der Waals surface area contributed by atoms with Crippen molar-refractivity contribution in [3.63, 3.8) is 0 Å². The fraction of sp³-hybridized carbons (Fsp3) is 0.100. The van der Waals surface area contributed by atoms with Crippen LogP contribution in [0, 0.1) is 0 Å². The van der Waals surface area contributed by atoms with Crippen LogP contribution in [-0.2, 0) is 6.54 Å². The summed E-state index contributed by atoms with van der Waals surface area (Å²) >= 11 is 5.90. The van der Waals surface area contributed by atoms with E-state index in [0.717, 1.165) is 22.6 Å². The molecule has 0 amide bonds. The Labute approximate surface area is 170 Å². The van der Waals surface area contributed by atoms with E-state index < -0.39 is 0 Å². The number of fused-ring (bicyclic) bond motifs is 1. The third-order valence-corrected chi connectivity index (χ3v) is 4.57. The Bertz CT molecular complexity index is 1150. The highest BCUT2D eigenvalue weighted by Crippen LogP contribution is 2.32. The zero-order valence-corrected chi connectivity index (χ0v) is 15.8. The van der Waals surface area contributed by atoms with Crippen LogP contribution in [0.1, 0.15) is 5.56 Å².